The lowest BCUT2D eigenvalue weighted by Gasteiger charge is -2.02. The van der Waals surface area contributed by atoms with Crippen molar-refractivity contribution in [2.75, 3.05) is 0 Å². The van der Waals surface area contributed by atoms with Gasteiger partial charge in [0.05, 0.1) is 0 Å². The molecule has 0 spiro atoms. The number of urea groups is 2. The number of hydrogen-bond acceptors (Lipinski definition) is 5. The quantitative estimate of drug-likeness (QED) is 0.323. The van der Waals surface area contributed by atoms with Gasteiger partial charge in [0.15, 0.2) is 0 Å². The van der Waals surface area contributed by atoms with Gasteiger partial charge in [-0.25, -0.2) is 20.5 Å². The Morgan fingerprint density at radius 1 is 1.08 bits per heavy atom. The summed E-state index contributed by atoms with van der Waals surface area (Å²) >= 11 is 0. The minimum Gasteiger partial charge on any atom is -0.350 e. The van der Waals surface area contributed by atoms with Gasteiger partial charge in [0.25, 0.3) is 0 Å². The summed E-state index contributed by atoms with van der Waals surface area (Å²) in [6.07, 6.45) is 0. The van der Waals surface area contributed by atoms with E-state index in [1.165, 1.54) is 11.0 Å². The molecular formula is C2H7N4O5P. The zero-order valence-corrected chi connectivity index (χ0v) is 6.70. The molecule has 0 aromatic heterocycles. The summed E-state index contributed by atoms with van der Waals surface area (Å²) in [4.78, 5) is 19.9. The number of nitrogens with two attached hydrogens (primary N) is 2. The van der Waals surface area contributed by atoms with Gasteiger partial charge in [0.2, 0.25) is 0 Å². The third-order valence-electron chi connectivity index (χ3n) is 0.470. The minimum absolute atomic E-state index is 1.05. The molecule has 6 N–H and O–H groups in total. The Bertz CT molecular complexity index is 186. The Morgan fingerprint density at radius 3 is 1.67 bits per heavy atom. The van der Waals surface area contributed by atoms with Crippen LogP contribution in [-0.2, 0) is 13.8 Å². The van der Waals surface area contributed by atoms with Crippen LogP contribution in [0.25, 0.3) is 0 Å². The first kappa shape index (κ1) is 10.7. The average Bonchev–Trinajstić information content (AvgIpc) is 1.96. The second kappa shape index (κ2) is 5.35. The van der Waals surface area contributed by atoms with Gasteiger partial charge >= 0.3 is 20.3 Å². The van der Waals surface area contributed by atoms with Crippen molar-refractivity contribution in [3.05, 3.63) is 0 Å². The van der Waals surface area contributed by atoms with Crippen LogP contribution in [0, 0.1) is 0 Å². The SMILES string of the molecule is NC(=O)NO[PH](=O)ONC(N)=O. The molecule has 0 heterocycles. The zero-order chi connectivity index (χ0) is 9.56. The van der Waals surface area contributed by atoms with E-state index in [2.05, 4.69) is 20.7 Å². The zero-order valence-electron chi connectivity index (χ0n) is 5.70. The fraction of sp³-hybridized carbons (Fsp3) is 0. The molecule has 0 aromatic carbocycles. The van der Waals surface area contributed by atoms with Crippen LogP contribution < -0.4 is 22.4 Å². The Hall–Kier alpha value is -1.31. The second-order valence-electron chi connectivity index (χ2n) is 1.39. The normalized spacial score (nSPS) is 9.42. The van der Waals surface area contributed by atoms with E-state index in [0.29, 0.717) is 0 Å². The first-order valence-corrected chi connectivity index (χ1v) is 3.73. The molecule has 0 aliphatic carbocycles. The summed E-state index contributed by atoms with van der Waals surface area (Å²) in [6, 6.07) is -2.09. The van der Waals surface area contributed by atoms with Crippen molar-refractivity contribution in [3.8, 4) is 0 Å². The first-order chi connectivity index (χ1) is 5.52. The van der Waals surface area contributed by atoms with E-state index in [1.54, 1.807) is 0 Å². The molecule has 70 valence electrons. The van der Waals surface area contributed by atoms with Crippen LogP contribution in [0.2, 0.25) is 0 Å². The fourth-order valence-corrected chi connectivity index (χ4v) is 0.614. The van der Waals surface area contributed by atoms with Crippen molar-refractivity contribution < 1.29 is 23.4 Å². The highest BCUT2D eigenvalue weighted by molar-refractivity contribution is 7.33. The highest BCUT2D eigenvalue weighted by Gasteiger charge is 2.02. The first-order valence-electron chi connectivity index (χ1n) is 2.51. The number of rotatable bonds is 4. The molecule has 9 nitrogen and oxygen atoms in total. The Labute approximate surface area is 67.2 Å². The highest BCUT2D eigenvalue weighted by Crippen LogP contribution is 2.18. The number of hydrogen-bond donors (Lipinski definition) is 4. The number of nitrogens with one attached hydrogen (secondary N) is 2. The maximum atomic E-state index is 10.5. The Balaban J connectivity index is 3.47. The van der Waals surface area contributed by atoms with Gasteiger partial charge in [-0.05, 0) is 0 Å². The van der Waals surface area contributed by atoms with Gasteiger partial charge in [-0.15, -0.1) is 0 Å². The van der Waals surface area contributed by atoms with Gasteiger partial charge in [0, 0.05) is 0 Å². The smallest absolute Gasteiger partial charge is 0.350 e. The van der Waals surface area contributed by atoms with Crippen molar-refractivity contribution in [2.24, 2.45) is 11.5 Å². The molecule has 10 heteroatoms. The van der Waals surface area contributed by atoms with Crippen molar-refractivity contribution >= 4 is 20.3 Å². The van der Waals surface area contributed by atoms with E-state index in [-0.39, 0.29) is 0 Å². The lowest BCUT2D eigenvalue weighted by atomic mass is 11.2. The Kier molecular flexibility index (Phi) is 4.77. The summed E-state index contributed by atoms with van der Waals surface area (Å²) in [6.45, 7) is 0. The molecule has 0 aromatic rings. The van der Waals surface area contributed by atoms with Crippen molar-refractivity contribution in [3.63, 3.8) is 0 Å². The van der Waals surface area contributed by atoms with E-state index < -0.39 is 20.3 Å². The molecule has 0 bridgehead atoms. The number of primary amides is 2. The summed E-state index contributed by atoms with van der Waals surface area (Å²) in [5, 5.41) is 0. The second-order valence-corrected chi connectivity index (χ2v) is 2.29. The van der Waals surface area contributed by atoms with Crippen molar-refractivity contribution in [1.82, 2.24) is 11.0 Å². The monoisotopic (exact) mass is 198 g/mol. The van der Waals surface area contributed by atoms with E-state index in [1.807, 2.05) is 0 Å². The van der Waals surface area contributed by atoms with Crippen LogP contribution in [0.15, 0.2) is 0 Å². The summed E-state index contributed by atoms with van der Waals surface area (Å²) in [5.74, 6) is 0. The maximum absolute atomic E-state index is 10.5. The predicted octanol–water partition coefficient (Wildman–Crippen LogP) is -1.42. The molecule has 0 saturated heterocycles. The topological polar surface area (TPSA) is 146 Å². The number of carbonyl (C=O) groups is 2. The van der Waals surface area contributed by atoms with Gasteiger partial charge in [-0.2, -0.15) is 9.25 Å². The summed E-state index contributed by atoms with van der Waals surface area (Å²) in [7, 11) is -3.05. The summed E-state index contributed by atoms with van der Waals surface area (Å²) in [5.41, 5.74) is 12.1. The van der Waals surface area contributed by atoms with Crippen molar-refractivity contribution in [1.29, 1.82) is 0 Å². The third-order valence-corrected chi connectivity index (χ3v) is 1.01. The van der Waals surface area contributed by atoms with Crippen LogP contribution in [0.3, 0.4) is 0 Å². The van der Waals surface area contributed by atoms with Crippen LogP contribution in [0.4, 0.5) is 9.59 Å². The van der Waals surface area contributed by atoms with E-state index in [0.717, 1.165) is 0 Å². The lowest BCUT2D eigenvalue weighted by molar-refractivity contribution is 0.133. The number of hydroxylamine groups is 2. The highest BCUT2D eigenvalue weighted by atomic mass is 31.1. The fourth-order valence-electron chi connectivity index (χ4n) is 0.205. The molecule has 12 heavy (non-hydrogen) atoms. The molecule has 4 amide bonds. The number of amides is 4. The molecule has 0 unspecified atom stereocenters. The maximum Gasteiger partial charge on any atom is 0.361 e. The van der Waals surface area contributed by atoms with Crippen LogP contribution in [-0.4, -0.2) is 12.1 Å². The number of carbonyl (C=O) groups excluding carboxylic acids is 2. The molecule has 0 aliphatic heterocycles. The lowest BCUT2D eigenvalue weighted by Crippen LogP contribution is -2.30. The van der Waals surface area contributed by atoms with E-state index >= 15 is 0 Å². The average molecular weight is 198 g/mol. The molecule has 0 radical (unpaired) electrons. The van der Waals surface area contributed by atoms with E-state index in [9.17, 15) is 14.2 Å². The molecule has 0 aliphatic rings. The molecule has 0 atom stereocenters. The summed E-state index contributed by atoms with van der Waals surface area (Å²) < 4.78 is 18.4. The molecule has 0 fully saturated rings. The predicted molar refractivity (Wildman–Crippen MR) is 36.6 cm³/mol. The van der Waals surface area contributed by atoms with Gasteiger partial charge < -0.3 is 11.5 Å². The largest absolute Gasteiger partial charge is 0.361 e. The third kappa shape index (κ3) is 6.81. The molecule has 0 rings (SSSR count). The van der Waals surface area contributed by atoms with Crippen LogP contribution in [0.1, 0.15) is 0 Å². The standard InChI is InChI=1S/C2H7N4O5P/c3-1(7)5-10-12(9)11-6-2(4)8/h12H,(H3,3,5,7)(H3,4,6,8). The minimum atomic E-state index is -3.05. The van der Waals surface area contributed by atoms with E-state index in [4.69, 9.17) is 0 Å². The van der Waals surface area contributed by atoms with Crippen LogP contribution in [0.5, 0.6) is 0 Å². The van der Waals surface area contributed by atoms with Crippen molar-refractivity contribution in [2.45, 2.75) is 0 Å². The molecule has 0 saturated carbocycles. The Morgan fingerprint density at radius 2 is 1.42 bits per heavy atom. The van der Waals surface area contributed by atoms with Gasteiger partial charge in [-0.1, -0.05) is 0 Å². The van der Waals surface area contributed by atoms with Crippen LogP contribution >= 0.6 is 8.25 Å². The van der Waals surface area contributed by atoms with Gasteiger partial charge in [-0.3, -0.25) is 4.57 Å². The molecular weight excluding hydrogens is 191 g/mol. The van der Waals surface area contributed by atoms with Gasteiger partial charge in [0.1, 0.15) is 0 Å².